The summed E-state index contributed by atoms with van der Waals surface area (Å²) in [7, 11) is 0. The summed E-state index contributed by atoms with van der Waals surface area (Å²) in [5.41, 5.74) is 4.07. The fourth-order valence-corrected chi connectivity index (χ4v) is 2.61. The molecule has 2 aromatic heterocycles. The van der Waals surface area contributed by atoms with Gasteiger partial charge in [0.2, 0.25) is 5.91 Å². The normalized spacial score (nSPS) is 11.0. The second-order valence-corrected chi connectivity index (χ2v) is 6.32. The second-order valence-electron chi connectivity index (χ2n) is 6.32. The molecule has 124 valence electrons. The Morgan fingerprint density at radius 2 is 2.09 bits per heavy atom. The Labute approximate surface area is 138 Å². The van der Waals surface area contributed by atoms with Crippen LogP contribution in [0.5, 0.6) is 0 Å². The average Bonchev–Trinajstić information content (AvgIpc) is 2.75. The number of pyridine rings is 1. The summed E-state index contributed by atoms with van der Waals surface area (Å²) in [6.45, 7) is 9.84. The van der Waals surface area contributed by atoms with Gasteiger partial charge in [-0.1, -0.05) is 19.9 Å². The maximum atomic E-state index is 12.2. The topological polar surface area (TPSA) is 59.8 Å². The zero-order chi connectivity index (χ0) is 16.8. The highest BCUT2D eigenvalue weighted by molar-refractivity contribution is 5.79. The molecule has 23 heavy (non-hydrogen) atoms. The summed E-state index contributed by atoms with van der Waals surface area (Å²) < 4.78 is 2.01. The molecule has 0 aliphatic carbocycles. The van der Waals surface area contributed by atoms with E-state index in [2.05, 4.69) is 29.2 Å². The number of amides is 1. The molecule has 1 N–H and O–H groups in total. The van der Waals surface area contributed by atoms with Gasteiger partial charge in [0, 0.05) is 42.7 Å². The maximum absolute atomic E-state index is 12.2. The van der Waals surface area contributed by atoms with E-state index in [1.807, 2.05) is 36.7 Å². The van der Waals surface area contributed by atoms with Crippen LogP contribution >= 0.6 is 0 Å². The van der Waals surface area contributed by atoms with E-state index in [9.17, 15) is 4.79 Å². The van der Waals surface area contributed by atoms with Gasteiger partial charge in [-0.15, -0.1) is 0 Å². The first-order valence-corrected chi connectivity index (χ1v) is 8.17. The molecule has 2 rings (SSSR count). The summed E-state index contributed by atoms with van der Waals surface area (Å²) >= 11 is 0. The molecule has 1 amide bonds. The van der Waals surface area contributed by atoms with Crippen LogP contribution < -0.4 is 5.32 Å². The van der Waals surface area contributed by atoms with Crippen LogP contribution in [-0.2, 0) is 24.2 Å². The molecule has 0 saturated heterocycles. The Balaban J connectivity index is 1.89. The van der Waals surface area contributed by atoms with Crippen molar-refractivity contribution >= 4 is 5.91 Å². The van der Waals surface area contributed by atoms with Crippen LogP contribution in [0.3, 0.4) is 0 Å². The minimum atomic E-state index is 0.0382. The van der Waals surface area contributed by atoms with E-state index in [0.717, 1.165) is 35.6 Å². The first-order valence-electron chi connectivity index (χ1n) is 8.17. The third-order valence-electron chi connectivity index (χ3n) is 3.84. The van der Waals surface area contributed by atoms with Crippen LogP contribution in [-0.4, -0.2) is 27.2 Å². The lowest BCUT2D eigenvalue weighted by atomic mass is 10.1. The van der Waals surface area contributed by atoms with Crippen molar-refractivity contribution in [2.45, 2.75) is 47.1 Å². The number of rotatable bonds is 7. The molecule has 0 unspecified atom stereocenters. The zero-order valence-electron chi connectivity index (χ0n) is 14.5. The van der Waals surface area contributed by atoms with Crippen molar-refractivity contribution in [3.05, 3.63) is 47.0 Å². The van der Waals surface area contributed by atoms with Crippen LogP contribution in [0.2, 0.25) is 0 Å². The molecule has 0 radical (unpaired) electrons. The van der Waals surface area contributed by atoms with E-state index >= 15 is 0 Å². The highest BCUT2D eigenvalue weighted by Gasteiger charge is 2.15. The molecule has 0 aliphatic rings. The van der Waals surface area contributed by atoms with Crippen molar-refractivity contribution in [1.29, 1.82) is 0 Å². The Morgan fingerprint density at radius 1 is 1.30 bits per heavy atom. The van der Waals surface area contributed by atoms with E-state index < -0.39 is 0 Å². The summed E-state index contributed by atoms with van der Waals surface area (Å²) in [6.07, 6.45) is 2.90. The molecule has 0 aliphatic heterocycles. The molecule has 2 aromatic rings. The number of hydrogen-bond donors (Lipinski definition) is 1. The van der Waals surface area contributed by atoms with Gasteiger partial charge in [-0.05, 0) is 31.9 Å². The van der Waals surface area contributed by atoms with Crippen LogP contribution in [0.1, 0.15) is 36.5 Å². The molecule has 0 atom stereocenters. The lowest BCUT2D eigenvalue weighted by molar-refractivity contribution is -0.120. The van der Waals surface area contributed by atoms with Crippen molar-refractivity contribution in [2.24, 2.45) is 5.92 Å². The molecule has 0 fully saturated rings. The van der Waals surface area contributed by atoms with E-state index in [1.165, 1.54) is 0 Å². The number of nitrogens with zero attached hydrogens (tertiary/aromatic N) is 3. The zero-order valence-corrected chi connectivity index (χ0v) is 14.5. The molecule has 5 nitrogen and oxygen atoms in total. The van der Waals surface area contributed by atoms with Crippen molar-refractivity contribution in [3.63, 3.8) is 0 Å². The van der Waals surface area contributed by atoms with Crippen LogP contribution in [0.15, 0.2) is 24.4 Å². The van der Waals surface area contributed by atoms with Gasteiger partial charge in [0.25, 0.3) is 0 Å². The molecular weight excluding hydrogens is 288 g/mol. The summed E-state index contributed by atoms with van der Waals surface area (Å²) in [5.74, 6) is 0.573. The molecular formula is C18H26N4O. The lowest BCUT2D eigenvalue weighted by Gasteiger charge is -2.08. The standard InChI is InChI=1S/C18H26N4O/c1-13(2)12-22-15(4)17(14(3)21-22)11-18(23)20-10-8-16-7-5-6-9-19-16/h5-7,9,13H,8,10-12H2,1-4H3,(H,20,23). The first-order chi connectivity index (χ1) is 11.0. The third-order valence-corrected chi connectivity index (χ3v) is 3.84. The minimum Gasteiger partial charge on any atom is -0.355 e. The van der Waals surface area contributed by atoms with Gasteiger partial charge in [-0.2, -0.15) is 5.10 Å². The van der Waals surface area contributed by atoms with Gasteiger partial charge < -0.3 is 5.32 Å². The Bertz CT molecular complexity index is 647. The number of nitrogens with one attached hydrogen (secondary N) is 1. The third kappa shape index (κ3) is 4.91. The fraction of sp³-hybridized carbons (Fsp3) is 0.500. The molecule has 5 heteroatoms. The van der Waals surface area contributed by atoms with Gasteiger partial charge in [0.1, 0.15) is 0 Å². The number of aromatic nitrogens is 3. The minimum absolute atomic E-state index is 0.0382. The molecule has 0 spiro atoms. The monoisotopic (exact) mass is 314 g/mol. The van der Waals surface area contributed by atoms with E-state index in [1.54, 1.807) is 6.20 Å². The maximum Gasteiger partial charge on any atom is 0.224 e. The van der Waals surface area contributed by atoms with Crippen molar-refractivity contribution < 1.29 is 4.79 Å². The van der Waals surface area contributed by atoms with Crippen molar-refractivity contribution in [3.8, 4) is 0 Å². The van der Waals surface area contributed by atoms with Crippen molar-refractivity contribution in [2.75, 3.05) is 6.54 Å². The fourth-order valence-electron chi connectivity index (χ4n) is 2.61. The Hall–Kier alpha value is -2.17. The molecule has 0 saturated carbocycles. The van der Waals surface area contributed by atoms with Crippen LogP contribution in [0, 0.1) is 19.8 Å². The van der Waals surface area contributed by atoms with Crippen LogP contribution in [0.25, 0.3) is 0 Å². The first kappa shape index (κ1) is 17.2. The van der Waals surface area contributed by atoms with Gasteiger partial charge in [0.15, 0.2) is 0 Å². The summed E-state index contributed by atoms with van der Waals surface area (Å²) in [5, 5.41) is 7.53. The largest absolute Gasteiger partial charge is 0.355 e. The molecule has 0 bridgehead atoms. The predicted octanol–water partition coefficient (Wildman–Crippen LogP) is 2.45. The average molecular weight is 314 g/mol. The van der Waals surface area contributed by atoms with E-state index in [0.29, 0.717) is 18.9 Å². The van der Waals surface area contributed by atoms with Crippen LogP contribution in [0.4, 0.5) is 0 Å². The second kappa shape index (κ2) is 7.90. The van der Waals surface area contributed by atoms with Crippen molar-refractivity contribution in [1.82, 2.24) is 20.1 Å². The van der Waals surface area contributed by atoms with Gasteiger partial charge in [-0.25, -0.2) is 0 Å². The quantitative estimate of drug-likeness (QED) is 0.854. The van der Waals surface area contributed by atoms with Gasteiger partial charge in [-0.3, -0.25) is 14.5 Å². The molecule has 2 heterocycles. The van der Waals surface area contributed by atoms with E-state index in [-0.39, 0.29) is 5.91 Å². The summed E-state index contributed by atoms with van der Waals surface area (Å²) in [6, 6.07) is 5.82. The molecule has 0 aromatic carbocycles. The van der Waals surface area contributed by atoms with E-state index in [4.69, 9.17) is 0 Å². The smallest absolute Gasteiger partial charge is 0.224 e. The number of hydrogen-bond acceptors (Lipinski definition) is 3. The highest BCUT2D eigenvalue weighted by atomic mass is 16.1. The lowest BCUT2D eigenvalue weighted by Crippen LogP contribution is -2.27. The summed E-state index contributed by atoms with van der Waals surface area (Å²) in [4.78, 5) is 16.4. The number of carbonyl (C=O) groups is 1. The number of aryl methyl sites for hydroxylation is 1. The number of carbonyl (C=O) groups excluding carboxylic acids is 1. The van der Waals surface area contributed by atoms with Gasteiger partial charge >= 0.3 is 0 Å². The highest BCUT2D eigenvalue weighted by Crippen LogP contribution is 2.15. The predicted molar refractivity (Wildman–Crippen MR) is 91.2 cm³/mol. The SMILES string of the molecule is Cc1nn(CC(C)C)c(C)c1CC(=O)NCCc1ccccn1. The Kier molecular flexibility index (Phi) is 5.90. The Morgan fingerprint density at radius 3 is 2.74 bits per heavy atom. The van der Waals surface area contributed by atoms with Gasteiger partial charge in [0.05, 0.1) is 12.1 Å².